The number of hydrogen-bond acceptors (Lipinski definition) is 8. The zero-order valence-electron chi connectivity index (χ0n) is 18.3. The highest BCUT2D eigenvalue weighted by Gasteiger charge is 2.42. The van der Waals surface area contributed by atoms with Gasteiger partial charge in [-0.05, 0) is 25.3 Å². The Labute approximate surface area is 192 Å². The van der Waals surface area contributed by atoms with Crippen molar-refractivity contribution in [3.63, 3.8) is 0 Å². The highest BCUT2D eigenvalue weighted by Crippen LogP contribution is 2.33. The lowest BCUT2D eigenvalue weighted by molar-refractivity contribution is -0.127. The van der Waals surface area contributed by atoms with E-state index in [1.54, 1.807) is 11.9 Å². The number of aromatic nitrogens is 5. The summed E-state index contributed by atoms with van der Waals surface area (Å²) in [6.45, 7) is 0. The second-order valence-electron chi connectivity index (χ2n) is 8.91. The average Bonchev–Trinajstić information content (AvgIpc) is 2.80. The van der Waals surface area contributed by atoms with Crippen molar-refractivity contribution in [3.8, 4) is 17.1 Å². The lowest BCUT2D eigenvalue weighted by Crippen LogP contribution is -2.61. The number of fused-ring (bicyclic) bond motifs is 3. The molecule has 2 bridgehead atoms. The molecule has 5 rings (SSSR count). The summed E-state index contributed by atoms with van der Waals surface area (Å²) in [6, 6.07) is 2.45. The van der Waals surface area contributed by atoms with Gasteiger partial charge in [0.15, 0.2) is 11.6 Å². The Morgan fingerprint density at radius 2 is 1.94 bits per heavy atom. The van der Waals surface area contributed by atoms with Gasteiger partial charge in [-0.1, -0.05) is 6.42 Å². The second-order valence-corrected chi connectivity index (χ2v) is 8.91. The molecule has 4 atom stereocenters. The van der Waals surface area contributed by atoms with Crippen LogP contribution in [-0.4, -0.2) is 67.8 Å². The maximum Gasteiger partial charge on any atom is 0.394 e. The van der Waals surface area contributed by atoms with E-state index in [9.17, 15) is 18.3 Å². The number of alkyl halides is 4. The molecule has 180 valence electrons. The molecular formula is C22H23F4N7O. The summed E-state index contributed by atoms with van der Waals surface area (Å²) in [7, 11) is 1.77. The molecule has 2 saturated heterocycles. The van der Waals surface area contributed by atoms with Crippen LogP contribution >= 0.6 is 0 Å². The molecule has 3 aromatic rings. The zero-order valence-corrected chi connectivity index (χ0v) is 18.3. The molecule has 4 heterocycles. The van der Waals surface area contributed by atoms with E-state index in [1.165, 1.54) is 18.3 Å². The number of benzene rings is 1. The molecule has 0 aliphatic carbocycles. The van der Waals surface area contributed by atoms with E-state index in [4.69, 9.17) is 0 Å². The van der Waals surface area contributed by atoms with Crippen molar-refractivity contribution >= 4 is 16.9 Å². The molecule has 2 unspecified atom stereocenters. The van der Waals surface area contributed by atoms with Gasteiger partial charge in [0.1, 0.15) is 11.9 Å². The van der Waals surface area contributed by atoms with E-state index in [0.717, 1.165) is 25.5 Å². The normalized spacial score (nSPS) is 24.9. The van der Waals surface area contributed by atoms with Crippen LogP contribution in [0, 0.1) is 0 Å². The molecule has 2 fully saturated rings. The molecule has 2 N–H and O–H groups in total. The van der Waals surface area contributed by atoms with Gasteiger partial charge in [-0.25, -0.2) is 14.4 Å². The first-order valence-electron chi connectivity index (χ1n) is 11.1. The highest BCUT2D eigenvalue weighted by molar-refractivity contribution is 5.83. The smallest absolute Gasteiger partial charge is 0.394 e. The van der Waals surface area contributed by atoms with Crippen LogP contribution in [-0.2, 0) is 6.42 Å². The molecule has 0 spiro atoms. The summed E-state index contributed by atoms with van der Waals surface area (Å²) in [5.74, 6) is 0.258. The topological polar surface area (TPSA) is 100.0 Å². The van der Waals surface area contributed by atoms with Crippen molar-refractivity contribution < 1.29 is 22.7 Å². The van der Waals surface area contributed by atoms with Crippen LogP contribution in [0.5, 0.6) is 5.75 Å². The fourth-order valence-electron chi connectivity index (χ4n) is 4.83. The number of anilines is 1. The summed E-state index contributed by atoms with van der Waals surface area (Å²) in [5, 5.41) is 22.1. The number of phenolic OH excluding ortho intramolecular Hbond substituents is 1. The molecule has 2 aliphatic rings. The lowest BCUT2D eigenvalue weighted by atomic mass is 9.82. The summed E-state index contributed by atoms with van der Waals surface area (Å²) < 4.78 is 52.9. The quantitative estimate of drug-likeness (QED) is 0.552. The largest absolute Gasteiger partial charge is 0.507 e. The van der Waals surface area contributed by atoms with Gasteiger partial charge >= 0.3 is 6.18 Å². The van der Waals surface area contributed by atoms with E-state index in [-0.39, 0.29) is 52.0 Å². The number of aromatic hydroxyl groups is 1. The van der Waals surface area contributed by atoms with Crippen LogP contribution < -0.4 is 10.2 Å². The van der Waals surface area contributed by atoms with Gasteiger partial charge in [-0.2, -0.15) is 13.2 Å². The van der Waals surface area contributed by atoms with E-state index in [1.807, 2.05) is 0 Å². The standard InChI is InChI=1S/C22H23F4N7O/c1-33(17-5-11-3-2-4-14(29-11)20(17)23)19-10-28-21(32-31-19)13-6-15-16(7-18(13)34)30-12(9-27-15)8-22(24,25)26/h6-7,9-11,14,17,20,29,34H,2-5,8H2,1H3/t11?,14?,17-,20+/m0/s1. The first kappa shape index (κ1) is 22.6. The fourth-order valence-corrected chi connectivity index (χ4v) is 4.83. The number of nitrogens with zero attached hydrogens (tertiary/aromatic N) is 6. The van der Waals surface area contributed by atoms with Crippen molar-refractivity contribution in [1.29, 1.82) is 0 Å². The number of rotatable bonds is 4. The second kappa shape index (κ2) is 8.57. The number of piperidine rings is 2. The number of nitrogens with one attached hydrogen (secondary N) is 1. The van der Waals surface area contributed by atoms with Gasteiger partial charge in [0.05, 0.1) is 41.0 Å². The number of halogens is 4. The summed E-state index contributed by atoms with van der Waals surface area (Å²) in [5.41, 5.74) is 0.375. The van der Waals surface area contributed by atoms with Gasteiger partial charge in [0.25, 0.3) is 0 Å². The van der Waals surface area contributed by atoms with E-state index in [2.05, 4.69) is 30.5 Å². The van der Waals surface area contributed by atoms with Crippen molar-refractivity contribution in [3.05, 3.63) is 30.2 Å². The Balaban J connectivity index is 1.38. The molecule has 1 aromatic carbocycles. The lowest BCUT2D eigenvalue weighted by Gasteiger charge is -2.45. The van der Waals surface area contributed by atoms with Crippen LogP contribution in [0.3, 0.4) is 0 Å². The Bertz CT molecular complexity index is 1190. The molecule has 0 amide bonds. The minimum absolute atomic E-state index is 0.108. The van der Waals surface area contributed by atoms with Crippen molar-refractivity contribution in [1.82, 2.24) is 30.5 Å². The van der Waals surface area contributed by atoms with Crippen LogP contribution in [0.1, 0.15) is 31.4 Å². The number of phenols is 1. The van der Waals surface area contributed by atoms with E-state index >= 15 is 4.39 Å². The SMILES string of the molecule is CN(c1cnc(-c2cc3ncc(CC(F)(F)F)nc3cc2O)nn1)[C@H]1CC2CCCC(N2)[C@H]1F. The predicted molar refractivity (Wildman–Crippen MR) is 116 cm³/mol. The summed E-state index contributed by atoms with van der Waals surface area (Å²) >= 11 is 0. The highest BCUT2D eigenvalue weighted by atomic mass is 19.4. The molecule has 8 nitrogen and oxygen atoms in total. The predicted octanol–water partition coefficient (Wildman–Crippen LogP) is 3.35. The molecule has 0 radical (unpaired) electrons. The monoisotopic (exact) mass is 477 g/mol. The zero-order chi connectivity index (χ0) is 24.0. The summed E-state index contributed by atoms with van der Waals surface area (Å²) in [4.78, 5) is 14.0. The Kier molecular flexibility index (Phi) is 5.70. The fraction of sp³-hybridized carbons (Fsp3) is 0.500. The van der Waals surface area contributed by atoms with Crippen LogP contribution in [0.4, 0.5) is 23.4 Å². The first-order valence-corrected chi connectivity index (χ1v) is 11.1. The van der Waals surface area contributed by atoms with E-state index < -0.39 is 18.8 Å². The number of hydrogen-bond donors (Lipinski definition) is 2. The molecule has 2 aromatic heterocycles. The van der Waals surface area contributed by atoms with Gasteiger partial charge in [0, 0.05) is 31.4 Å². The van der Waals surface area contributed by atoms with Gasteiger partial charge < -0.3 is 15.3 Å². The minimum atomic E-state index is -4.41. The Morgan fingerprint density at radius 3 is 2.68 bits per heavy atom. The van der Waals surface area contributed by atoms with Gasteiger partial charge in [0.2, 0.25) is 0 Å². The molecule has 12 heteroatoms. The third-order valence-electron chi connectivity index (χ3n) is 6.54. The van der Waals surface area contributed by atoms with Crippen molar-refractivity contribution in [2.24, 2.45) is 0 Å². The maximum absolute atomic E-state index is 15.0. The van der Waals surface area contributed by atoms with E-state index in [0.29, 0.717) is 12.2 Å². The molecule has 34 heavy (non-hydrogen) atoms. The van der Waals surface area contributed by atoms with Crippen LogP contribution in [0.2, 0.25) is 0 Å². The van der Waals surface area contributed by atoms with Gasteiger partial charge in [-0.3, -0.25) is 4.98 Å². The molecular weight excluding hydrogens is 454 g/mol. The third-order valence-corrected chi connectivity index (χ3v) is 6.54. The molecule has 0 saturated carbocycles. The van der Waals surface area contributed by atoms with Gasteiger partial charge in [-0.15, -0.1) is 10.2 Å². The Morgan fingerprint density at radius 1 is 1.12 bits per heavy atom. The van der Waals surface area contributed by atoms with Crippen molar-refractivity contribution in [2.75, 3.05) is 11.9 Å². The first-order chi connectivity index (χ1) is 16.2. The van der Waals surface area contributed by atoms with Crippen LogP contribution in [0.25, 0.3) is 22.4 Å². The molecule has 2 aliphatic heterocycles. The average molecular weight is 477 g/mol. The van der Waals surface area contributed by atoms with Crippen molar-refractivity contribution in [2.45, 2.75) is 62.6 Å². The van der Waals surface area contributed by atoms with Crippen LogP contribution in [0.15, 0.2) is 24.5 Å². The third kappa shape index (κ3) is 4.46. The Hall–Kier alpha value is -3.15. The maximum atomic E-state index is 15.0. The minimum Gasteiger partial charge on any atom is -0.507 e. The summed E-state index contributed by atoms with van der Waals surface area (Å²) in [6.07, 6.45) is -0.605.